The summed E-state index contributed by atoms with van der Waals surface area (Å²) in [6.07, 6.45) is 11.2. The summed E-state index contributed by atoms with van der Waals surface area (Å²) in [4.78, 5) is 0. The Labute approximate surface area is 225 Å². The fraction of sp³-hybridized carbons (Fsp3) is 0.765. The van der Waals surface area contributed by atoms with E-state index in [4.69, 9.17) is 4.74 Å². The van der Waals surface area contributed by atoms with Gasteiger partial charge in [0.25, 0.3) is 0 Å². The van der Waals surface area contributed by atoms with Crippen LogP contribution in [-0.2, 0) is 11.3 Å². The summed E-state index contributed by atoms with van der Waals surface area (Å²) < 4.78 is 6.92. The number of hydrogen-bond acceptors (Lipinski definition) is 3. The van der Waals surface area contributed by atoms with Gasteiger partial charge in [-0.2, -0.15) is 0 Å². The highest BCUT2D eigenvalue weighted by atomic mass is 16.5. The van der Waals surface area contributed by atoms with Gasteiger partial charge in [-0.05, 0) is 117 Å². The van der Waals surface area contributed by atoms with Gasteiger partial charge in [-0.15, -0.1) is 0 Å². The van der Waals surface area contributed by atoms with E-state index in [2.05, 4.69) is 51.1 Å². The maximum Gasteiger partial charge on any atom is 0.0985 e. The number of benzene rings is 1. The Kier molecular flexibility index (Phi) is 6.49. The number of aliphatic hydroxyl groups excluding tert-OH is 2. The molecule has 0 unspecified atom stereocenters. The molecule has 3 heteroatoms. The molecule has 1 aromatic rings. The summed E-state index contributed by atoms with van der Waals surface area (Å²) in [5.41, 5.74) is 3.46. The van der Waals surface area contributed by atoms with Crippen molar-refractivity contribution in [2.75, 3.05) is 0 Å². The Bertz CT molecular complexity index is 1020. The lowest BCUT2D eigenvalue weighted by atomic mass is 9.45. The molecule has 1 spiro atoms. The first-order valence-electron chi connectivity index (χ1n) is 15.3. The van der Waals surface area contributed by atoms with E-state index in [1.54, 1.807) is 0 Å². The maximum atomic E-state index is 11.1. The molecule has 0 saturated heterocycles. The molecule has 5 aliphatic rings. The van der Waals surface area contributed by atoms with Gasteiger partial charge in [0.05, 0.1) is 24.9 Å². The molecule has 5 fully saturated rings. The summed E-state index contributed by atoms with van der Waals surface area (Å²) in [5, 5.41) is 21.8. The molecule has 3 nitrogen and oxygen atoms in total. The molecule has 37 heavy (non-hydrogen) atoms. The molecule has 2 N–H and O–H groups in total. The van der Waals surface area contributed by atoms with Gasteiger partial charge in [-0.3, -0.25) is 0 Å². The lowest BCUT2D eigenvalue weighted by Gasteiger charge is -2.61. The minimum atomic E-state index is -0.770. The Balaban J connectivity index is 1.25. The summed E-state index contributed by atoms with van der Waals surface area (Å²) in [7, 11) is 0. The van der Waals surface area contributed by atoms with Crippen molar-refractivity contribution in [3.63, 3.8) is 0 Å². The summed E-state index contributed by atoms with van der Waals surface area (Å²) >= 11 is 0. The van der Waals surface area contributed by atoms with Gasteiger partial charge in [0.1, 0.15) is 0 Å². The first kappa shape index (κ1) is 26.1. The fourth-order valence-corrected chi connectivity index (χ4v) is 11.2. The molecular formula is C34H50O3. The van der Waals surface area contributed by atoms with E-state index in [1.165, 1.54) is 56.9 Å². The van der Waals surface area contributed by atoms with E-state index in [0.29, 0.717) is 28.8 Å². The van der Waals surface area contributed by atoms with Gasteiger partial charge < -0.3 is 14.9 Å². The topological polar surface area (TPSA) is 49.7 Å². The third-order valence-electron chi connectivity index (χ3n) is 12.9. The van der Waals surface area contributed by atoms with Crippen LogP contribution in [-0.4, -0.2) is 28.5 Å². The smallest absolute Gasteiger partial charge is 0.0985 e. The molecule has 1 aromatic carbocycles. The third-order valence-corrected chi connectivity index (χ3v) is 12.9. The molecule has 0 aliphatic heterocycles. The second kappa shape index (κ2) is 9.20. The fourth-order valence-electron chi connectivity index (χ4n) is 11.2. The first-order chi connectivity index (χ1) is 17.6. The monoisotopic (exact) mass is 506 g/mol. The molecule has 0 bridgehead atoms. The molecule has 0 aromatic heterocycles. The summed E-state index contributed by atoms with van der Waals surface area (Å²) in [6, 6.07) is 10.8. The summed E-state index contributed by atoms with van der Waals surface area (Å²) in [5.74, 6) is 3.72. The number of allylic oxidation sites excluding steroid dienone is 1. The molecule has 204 valence electrons. The van der Waals surface area contributed by atoms with E-state index in [1.807, 2.05) is 19.9 Å². The molecule has 5 aliphatic carbocycles. The van der Waals surface area contributed by atoms with Gasteiger partial charge in [-0.1, -0.05) is 62.8 Å². The highest BCUT2D eigenvalue weighted by molar-refractivity contribution is 5.26. The molecule has 0 amide bonds. The Morgan fingerprint density at radius 1 is 1.03 bits per heavy atom. The quantitative estimate of drug-likeness (QED) is 0.386. The van der Waals surface area contributed by atoms with E-state index in [0.717, 1.165) is 29.9 Å². The van der Waals surface area contributed by atoms with Crippen LogP contribution >= 0.6 is 0 Å². The Morgan fingerprint density at radius 3 is 2.49 bits per heavy atom. The number of ether oxygens (including phenoxy) is 1. The Hall–Kier alpha value is -1.16. The van der Waals surface area contributed by atoms with E-state index < -0.39 is 12.2 Å². The van der Waals surface area contributed by atoms with Crippen molar-refractivity contribution < 1.29 is 14.9 Å². The van der Waals surface area contributed by atoms with Crippen molar-refractivity contribution in [3.05, 3.63) is 47.5 Å². The second-order valence-corrected chi connectivity index (χ2v) is 14.6. The molecule has 5 saturated carbocycles. The van der Waals surface area contributed by atoms with Crippen LogP contribution in [0.4, 0.5) is 0 Å². The normalized spacial score (nSPS) is 46.1. The van der Waals surface area contributed by atoms with Gasteiger partial charge in [0, 0.05) is 5.41 Å². The molecular weight excluding hydrogens is 456 g/mol. The van der Waals surface area contributed by atoms with Crippen molar-refractivity contribution >= 4 is 0 Å². The van der Waals surface area contributed by atoms with Crippen LogP contribution in [0.1, 0.15) is 91.5 Å². The van der Waals surface area contributed by atoms with Crippen molar-refractivity contribution in [1.29, 1.82) is 0 Å². The van der Waals surface area contributed by atoms with Crippen molar-refractivity contribution in [3.8, 4) is 0 Å². The predicted octanol–water partition coefficient (Wildman–Crippen LogP) is 7.16. The van der Waals surface area contributed by atoms with Crippen molar-refractivity contribution in [2.45, 2.75) is 111 Å². The highest BCUT2D eigenvalue weighted by Gasteiger charge is 2.77. The van der Waals surface area contributed by atoms with Crippen LogP contribution in [0, 0.1) is 51.8 Å². The first-order valence-corrected chi connectivity index (χ1v) is 15.3. The van der Waals surface area contributed by atoms with Crippen molar-refractivity contribution in [1.82, 2.24) is 0 Å². The van der Waals surface area contributed by atoms with Gasteiger partial charge in [-0.25, -0.2) is 0 Å². The lowest BCUT2D eigenvalue weighted by molar-refractivity contribution is -0.174. The van der Waals surface area contributed by atoms with Crippen LogP contribution < -0.4 is 0 Å². The van der Waals surface area contributed by atoms with Crippen LogP contribution in [0.15, 0.2) is 42.0 Å². The second-order valence-electron chi connectivity index (χ2n) is 14.6. The van der Waals surface area contributed by atoms with Crippen LogP contribution in [0.25, 0.3) is 0 Å². The van der Waals surface area contributed by atoms with Gasteiger partial charge in [0.2, 0.25) is 0 Å². The molecule has 12 atom stereocenters. The standard InChI is InChI=1S/C34H50O3/c1-21(2)17-29(35)31(36)22(3)26-11-12-27-25-18-30(37-20-23-9-7-6-8-10-23)34-19-24(34)13-16-33(34,5)28(25)14-15-32(26,27)4/h6-10,17,22,24-31,35-36H,11-16,18-20H2,1-5H3/t22-,24-,25-,26+,27-,28-,29+,30+,31+,32+,33+,34-/m0/s1. The minimum Gasteiger partial charge on any atom is -0.390 e. The average Bonchev–Trinajstić information content (AvgIpc) is 3.39. The largest absolute Gasteiger partial charge is 0.390 e. The lowest BCUT2D eigenvalue weighted by Crippen LogP contribution is -2.57. The Morgan fingerprint density at radius 2 is 1.78 bits per heavy atom. The zero-order chi connectivity index (χ0) is 26.2. The van der Waals surface area contributed by atoms with Crippen molar-refractivity contribution in [2.24, 2.45) is 51.8 Å². The number of rotatable bonds is 7. The number of hydrogen-bond donors (Lipinski definition) is 2. The van der Waals surface area contributed by atoms with E-state index in [-0.39, 0.29) is 11.3 Å². The van der Waals surface area contributed by atoms with Gasteiger partial charge in [0.15, 0.2) is 0 Å². The third kappa shape index (κ3) is 3.85. The van der Waals surface area contributed by atoms with Crippen LogP contribution in [0.3, 0.4) is 0 Å². The predicted molar refractivity (Wildman–Crippen MR) is 149 cm³/mol. The minimum absolute atomic E-state index is 0.104. The molecule has 6 rings (SSSR count). The SMILES string of the molecule is CC(C)=C[C@@H](O)[C@H](O)[C@@H](C)[C@H]1CC[C@H]2[C@@H]3C[C@@H](OCc4ccccc4)[C@]45C[C@@H]4CC[C@]5(C)[C@H]3CC[C@]12C. The zero-order valence-electron chi connectivity index (χ0n) is 23.8. The molecule has 0 radical (unpaired) electrons. The maximum absolute atomic E-state index is 11.1. The van der Waals surface area contributed by atoms with Crippen LogP contribution in [0.5, 0.6) is 0 Å². The summed E-state index contributed by atoms with van der Waals surface area (Å²) in [6.45, 7) is 12.1. The highest BCUT2D eigenvalue weighted by Crippen LogP contribution is 2.82. The van der Waals surface area contributed by atoms with E-state index in [9.17, 15) is 10.2 Å². The average molecular weight is 507 g/mol. The van der Waals surface area contributed by atoms with Gasteiger partial charge >= 0.3 is 0 Å². The number of fused-ring (bicyclic) bond motifs is 4. The van der Waals surface area contributed by atoms with Crippen LogP contribution in [0.2, 0.25) is 0 Å². The number of aliphatic hydroxyl groups is 2. The van der Waals surface area contributed by atoms with E-state index >= 15 is 0 Å². The zero-order valence-corrected chi connectivity index (χ0v) is 23.8. The molecule has 0 heterocycles.